The summed E-state index contributed by atoms with van der Waals surface area (Å²) in [5.74, 6) is 0.934. The molecule has 3 aliphatic rings. The number of nitrogens with zero attached hydrogens (tertiary/aromatic N) is 4. The van der Waals surface area contributed by atoms with Crippen LogP contribution < -0.4 is 9.47 Å². The fraction of sp³-hybridized carbons (Fsp3) is 0.296. The van der Waals surface area contributed by atoms with E-state index in [9.17, 15) is 9.59 Å². The van der Waals surface area contributed by atoms with Crippen LogP contribution in [-0.2, 0) is 9.59 Å². The zero-order valence-electron chi connectivity index (χ0n) is 20.3. The summed E-state index contributed by atoms with van der Waals surface area (Å²) in [6.07, 6.45) is 4.96. The number of aliphatic imine (C=N–C) groups is 1. The molecule has 37 heavy (non-hydrogen) atoms. The van der Waals surface area contributed by atoms with Gasteiger partial charge in [0, 0.05) is 13.1 Å². The van der Waals surface area contributed by atoms with Crippen molar-refractivity contribution in [1.82, 2.24) is 9.91 Å². The minimum atomic E-state index is -0.499. The summed E-state index contributed by atoms with van der Waals surface area (Å²) in [5, 5.41) is 15.2. The second-order valence-electron chi connectivity index (χ2n) is 8.71. The molecule has 3 aliphatic heterocycles. The van der Waals surface area contributed by atoms with Crippen molar-refractivity contribution >= 4 is 45.7 Å². The monoisotopic (exact) mass is 517 g/mol. The highest BCUT2D eigenvalue weighted by Gasteiger charge is 2.36. The number of piperidine rings is 1. The first-order valence-corrected chi connectivity index (χ1v) is 13.1. The number of likely N-dealkylation sites (tertiary alicyclic amines) is 1. The molecule has 3 heterocycles. The maximum atomic E-state index is 12.7. The SMILES string of the molecule is N=C1/C(=C/c2ccc(OCCOc3ccccc3)cc2)C(=O)N=C2SC(CC(=O)N3CCCCC3)=NN12. The predicted octanol–water partition coefficient (Wildman–Crippen LogP) is 4.17. The number of rotatable bonds is 8. The van der Waals surface area contributed by atoms with E-state index >= 15 is 0 Å². The topological polar surface area (TPSA) is 108 Å². The number of hydrogen-bond acceptors (Lipinski definition) is 7. The summed E-state index contributed by atoms with van der Waals surface area (Å²) >= 11 is 1.18. The van der Waals surface area contributed by atoms with Crippen molar-refractivity contribution in [3.63, 3.8) is 0 Å². The van der Waals surface area contributed by atoms with Crippen molar-refractivity contribution in [2.45, 2.75) is 25.7 Å². The Morgan fingerprint density at radius 2 is 1.65 bits per heavy atom. The van der Waals surface area contributed by atoms with Gasteiger partial charge in [-0.05, 0) is 66.9 Å². The number of ether oxygens (including phenoxy) is 2. The molecule has 1 fully saturated rings. The molecule has 0 aliphatic carbocycles. The third-order valence-corrected chi connectivity index (χ3v) is 6.97. The fourth-order valence-electron chi connectivity index (χ4n) is 4.15. The van der Waals surface area contributed by atoms with Crippen LogP contribution >= 0.6 is 11.8 Å². The molecule has 0 bridgehead atoms. The van der Waals surface area contributed by atoms with Gasteiger partial charge in [-0.25, -0.2) is 0 Å². The van der Waals surface area contributed by atoms with E-state index in [0.29, 0.717) is 29.2 Å². The van der Waals surface area contributed by atoms with Crippen LogP contribution in [0.2, 0.25) is 0 Å². The van der Waals surface area contributed by atoms with Crippen molar-refractivity contribution in [2.75, 3.05) is 26.3 Å². The van der Waals surface area contributed by atoms with E-state index in [1.165, 1.54) is 16.8 Å². The summed E-state index contributed by atoms with van der Waals surface area (Å²) in [4.78, 5) is 31.3. The molecule has 0 aromatic heterocycles. The predicted molar refractivity (Wildman–Crippen MR) is 144 cm³/mol. The highest BCUT2D eigenvalue weighted by atomic mass is 32.2. The summed E-state index contributed by atoms with van der Waals surface area (Å²) in [7, 11) is 0. The number of fused-ring (bicyclic) bond motifs is 1. The number of carbonyl (C=O) groups excluding carboxylic acids is 2. The molecule has 5 rings (SSSR count). The van der Waals surface area contributed by atoms with Gasteiger partial charge in [-0.2, -0.15) is 15.1 Å². The van der Waals surface area contributed by atoms with E-state index in [-0.39, 0.29) is 23.7 Å². The van der Waals surface area contributed by atoms with Crippen LogP contribution in [0.1, 0.15) is 31.2 Å². The summed E-state index contributed by atoms with van der Waals surface area (Å²) < 4.78 is 11.3. The Bertz CT molecular complexity index is 1270. The quantitative estimate of drug-likeness (QED) is 0.416. The Hall–Kier alpha value is -3.92. The maximum Gasteiger partial charge on any atom is 0.283 e. The molecule has 1 N–H and O–H groups in total. The lowest BCUT2D eigenvalue weighted by Crippen LogP contribution is -2.36. The van der Waals surface area contributed by atoms with Gasteiger partial charge >= 0.3 is 0 Å². The van der Waals surface area contributed by atoms with Gasteiger partial charge in [-0.1, -0.05) is 30.3 Å². The maximum absolute atomic E-state index is 12.7. The van der Waals surface area contributed by atoms with E-state index in [0.717, 1.165) is 43.7 Å². The standard InChI is InChI=1S/C27H27N5O4S/c28-25-22(17-19-9-11-21(12-10-19)36-16-15-35-20-7-3-1-4-8-20)26(34)29-27-32(25)30-23(37-27)18-24(33)31-13-5-2-6-14-31/h1,3-4,7-12,17,28H,2,5-6,13-16,18H2/b22-17-,28-25?. The lowest BCUT2D eigenvalue weighted by atomic mass is 10.1. The average molecular weight is 518 g/mol. The fourth-order valence-corrected chi connectivity index (χ4v) is 5.03. The first-order chi connectivity index (χ1) is 18.1. The molecular weight excluding hydrogens is 490 g/mol. The molecule has 9 nitrogen and oxygen atoms in total. The van der Waals surface area contributed by atoms with Crippen molar-refractivity contribution in [3.05, 3.63) is 65.7 Å². The summed E-state index contributed by atoms with van der Waals surface area (Å²) in [6.45, 7) is 2.35. The zero-order chi connectivity index (χ0) is 25.6. The van der Waals surface area contributed by atoms with Crippen LogP contribution in [0, 0.1) is 5.41 Å². The van der Waals surface area contributed by atoms with Crippen molar-refractivity contribution in [1.29, 1.82) is 5.41 Å². The number of carbonyl (C=O) groups is 2. The van der Waals surface area contributed by atoms with E-state index < -0.39 is 5.91 Å². The van der Waals surface area contributed by atoms with E-state index in [1.54, 1.807) is 18.2 Å². The Morgan fingerprint density at radius 1 is 0.973 bits per heavy atom. The number of amidine groups is 2. The largest absolute Gasteiger partial charge is 0.490 e. The number of nitrogens with one attached hydrogen (secondary N) is 1. The number of amides is 2. The molecular formula is C27H27N5O4S. The molecule has 2 amide bonds. The third-order valence-electron chi connectivity index (χ3n) is 6.06. The van der Waals surface area contributed by atoms with Crippen molar-refractivity contribution in [2.24, 2.45) is 10.1 Å². The average Bonchev–Trinajstić information content (AvgIpc) is 3.33. The molecule has 0 atom stereocenters. The van der Waals surface area contributed by atoms with Crippen LogP contribution in [0.15, 0.2) is 70.3 Å². The second kappa shape index (κ2) is 11.4. The highest BCUT2D eigenvalue weighted by molar-refractivity contribution is 8.27. The van der Waals surface area contributed by atoms with Crippen LogP contribution in [0.4, 0.5) is 0 Å². The van der Waals surface area contributed by atoms with Gasteiger partial charge in [0.15, 0.2) is 5.84 Å². The minimum Gasteiger partial charge on any atom is -0.490 e. The van der Waals surface area contributed by atoms with Gasteiger partial charge in [-0.3, -0.25) is 15.0 Å². The molecule has 2 aromatic carbocycles. The molecule has 2 aromatic rings. The molecule has 0 spiro atoms. The molecule has 1 saturated heterocycles. The number of benzene rings is 2. The summed E-state index contributed by atoms with van der Waals surface area (Å²) in [5.41, 5.74) is 0.873. The number of thioether (sulfide) groups is 1. The highest BCUT2D eigenvalue weighted by Crippen LogP contribution is 2.30. The normalized spacial score (nSPS) is 18.4. The number of hydrogen-bond donors (Lipinski definition) is 1. The lowest BCUT2D eigenvalue weighted by molar-refractivity contribution is -0.130. The van der Waals surface area contributed by atoms with Crippen LogP contribution in [0.5, 0.6) is 11.5 Å². The molecule has 0 saturated carbocycles. The third kappa shape index (κ3) is 6.08. The van der Waals surface area contributed by atoms with Gasteiger partial charge in [0.25, 0.3) is 5.91 Å². The first kappa shape index (κ1) is 24.8. The first-order valence-electron chi connectivity index (χ1n) is 12.2. The minimum absolute atomic E-state index is 0.0222. The molecule has 0 radical (unpaired) electrons. The van der Waals surface area contributed by atoms with Crippen LogP contribution in [0.3, 0.4) is 0 Å². The number of para-hydroxylation sites is 1. The van der Waals surface area contributed by atoms with Crippen LogP contribution in [-0.4, -0.2) is 64.1 Å². The van der Waals surface area contributed by atoms with Gasteiger partial charge in [0.05, 0.1) is 12.0 Å². The zero-order valence-corrected chi connectivity index (χ0v) is 21.1. The Balaban J connectivity index is 1.18. The van der Waals surface area contributed by atoms with E-state index in [1.807, 2.05) is 47.4 Å². The van der Waals surface area contributed by atoms with Gasteiger partial charge in [0.1, 0.15) is 29.8 Å². The van der Waals surface area contributed by atoms with Gasteiger partial charge in [-0.15, -0.1) is 0 Å². The van der Waals surface area contributed by atoms with Gasteiger partial charge < -0.3 is 14.4 Å². The van der Waals surface area contributed by atoms with Gasteiger partial charge in [0.2, 0.25) is 11.1 Å². The van der Waals surface area contributed by atoms with E-state index in [4.69, 9.17) is 14.9 Å². The Kier molecular flexibility index (Phi) is 7.65. The van der Waals surface area contributed by atoms with Crippen molar-refractivity contribution < 1.29 is 19.1 Å². The van der Waals surface area contributed by atoms with Crippen LogP contribution in [0.25, 0.3) is 6.08 Å². The van der Waals surface area contributed by atoms with E-state index in [2.05, 4.69) is 10.1 Å². The molecule has 10 heteroatoms. The second-order valence-corrected chi connectivity index (χ2v) is 9.75. The lowest BCUT2D eigenvalue weighted by Gasteiger charge is -2.26. The number of hydrazone groups is 1. The molecule has 0 unspecified atom stereocenters. The molecule has 190 valence electrons. The Labute approximate surface area is 219 Å². The Morgan fingerprint density at radius 3 is 2.35 bits per heavy atom. The van der Waals surface area contributed by atoms with Crippen molar-refractivity contribution in [3.8, 4) is 11.5 Å². The smallest absolute Gasteiger partial charge is 0.283 e. The summed E-state index contributed by atoms with van der Waals surface area (Å²) in [6, 6.07) is 16.8.